The summed E-state index contributed by atoms with van der Waals surface area (Å²) in [6.45, 7) is 25.0. The van der Waals surface area contributed by atoms with Gasteiger partial charge in [0.05, 0.1) is 0 Å². The molecule has 0 aliphatic heterocycles. The Kier molecular flexibility index (Phi) is 9.08. The summed E-state index contributed by atoms with van der Waals surface area (Å²) in [6, 6.07) is 23.1. The zero-order valence-electron chi connectivity index (χ0n) is 30.2. The van der Waals surface area contributed by atoms with Crippen molar-refractivity contribution in [3.8, 4) is 22.3 Å². The molecule has 0 bridgehead atoms. The van der Waals surface area contributed by atoms with E-state index in [1.165, 1.54) is 89.0 Å². The van der Waals surface area contributed by atoms with E-state index in [-0.39, 0.29) is 7.25 Å². The summed E-state index contributed by atoms with van der Waals surface area (Å²) in [4.78, 5) is 0. The molecule has 2 aliphatic rings. The summed E-state index contributed by atoms with van der Waals surface area (Å²) in [5.41, 5.74) is 21.1. The molecule has 0 nitrogen and oxygen atoms in total. The number of allylic oxidation sites excluding steroid dienone is 2. The molecule has 0 heterocycles. The molecule has 2 aliphatic carbocycles. The molecule has 4 aromatic rings. The molecular formula is C44H51Cl2Zr. The minimum absolute atomic E-state index is 0.0352. The Morgan fingerprint density at radius 1 is 0.553 bits per heavy atom. The summed E-state index contributed by atoms with van der Waals surface area (Å²) < 4.78 is 0.883. The van der Waals surface area contributed by atoms with Gasteiger partial charge in [-0.05, 0) is 0 Å². The van der Waals surface area contributed by atoms with Crippen LogP contribution in [0.3, 0.4) is 0 Å². The third-order valence-electron chi connectivity index (χ3n) is 11.1. The molecule has 0 fully saturated rings. The van der Waals surface area contributed by atoms with E-state index < -0.39 is 16.4 Å². The predicted octanol–water partition coefficient (Wildman–Crippen LogP) is 14.2. The second-order valence-corrected chi connectivity index (χ2v) is 38.4. The molecule has 3 heteroatoms. The van der Waals surface area contributed by atoms with Crippen LogP contribution < -0.4 is 0 Å². The van der Waals surface area contributed by atoms with Gasteiger partial charge in [-0.25, -0.2) is 0 Å². The summed E-state index contributed by atoms with van der Waals surface area (Å²) in [5, 5.41) is 0. The molecule has 4 aromatic carbocycles. The molecule has 47 heavy (non-hydrogen) atoms. The van der Waals surface area contributed by atoms with Crippen LogP contribution in [0.25, 0.3) is 34.4 Å². The van der Waals surface area contributed by atoms with Crippen molar-refractivity contribution in [3.05, 3.63) is 127 Å². The number of hydrogen-bond donors (Lipinski definition) is 0. The first kappa shape index (κ1) is 34.7. The second kappa shape index (κ2) is 12.3. The molecular weight excluding hydrogens is 691 g/mol. The molecule has 0 spiro atoms. The monoisotopic (exact) mass is 739 g/mol. The summed E-state index contributed by atoms with van der Waals surface area (Å²) in [5.74, 6) is 0.650. The van der Waals surface area contributed by atoms with Crippen LogP contribution in [0.1, 0.15) is 97.5 Å². The quantitative estimate of drug-likeness (QED) is 0.177. The molecule has 245 valence electrons. The van der Waals surface area contributed by atoms with Gasteiger partial charge >= 0.3 is 295 Å². The van der Waals surface area contributed by atoms with Crippen LogP contribution in [0.15, 0.2) is 71.8 Å². The Morgan fingerprint density at radius 3 is 1.19 bits per heavy atom. The fourth-order valence-electron chi connectivity index (χ4n) is 9.01. The van der Waals surface area contributed by atoms with Gasteiger partial charge in [-0.1, -0.05) is 0 Å². The third-order valence-corrected chi connectivity index (χ3v) is 31.6. The molecule has 2 unspecified atom stereocenters. The van der Waals surface area contributed by atoms with E-state index >= 15 is 0 Å². The van der Waals surface area contributed by atoms with E-state index in [0.29, 0.717) is 11.8 Å². The van der Waals surface area contributed by atoms with Gasteiger partial charge in [-0.3, -0.25) is 0 Å². The van der Waals surface area contributed by atoms with Crippen LogP contribution in [0, 0.1) is 53.4 Å². The van der Waals surface area contributed by atoms with E-state index in [1.807, 2.05) is 0 Å². The second-order valence-electron chi connectivity index (χ2n) is 15.4. The Bertz CT molecular complexity index is 1810. The van der Waals surface area contributed by atoms with Crippen molar-refractivity contribution < 1.29 is 16.4 Å². The standard InChI is InChI=1S/2C21H23.C2H5.2ClH.Zr/c2*1-13(2)17-11-20-16(5)6-7-19(21(20)12-17)18-9-14(3)8-15(4)10-18;1-2;;;/h2*6-13H,1-5H3;1H2,2H3;2*1H;/q;;;;;+2/p-2. The molecule has 0 aromatic heterocycles. The van der Waals surface area contributed by atoms with E-state index in [4.69, 9.17) is 17.0 Å². The van der Waals surface area contributed by atoms with Crippen LogP contribution in [0.5, 0.6) is 0 Å². The average molecular weight is 742 g/mol. The first-order chi connectivity index (χ1) is 22.0. The number of aryl methyl sites for hydroxylation is 6. The van der Waals surface area contributed by atoms with Crippen molar-refractivity contribution in [1.29, 1.82) is 0 Å². The number of fused-ring (bicyclic) bond motifs is 2. The summed E-state index contributed by atoms with van der Waals surface area (Å²) in [6.07, 6.45) is 4.98. The van der Waals surface area contributed by atoms with Crippen molar-refractivity contribution in [3.63, 3.8) is 0 Å². The van der Waals surface area contributed by atoms with Gasteiger partial charge in [0.1, 0.15) is 0 Å². The third kappa shape index (κ3) is 5.71. The van der Waals surface area contributed by atoms with Gasteiger partial charge in [-0.2, -0.15) is 0 Å². The van der Waals surface area contributed by atoms with Crippen LogP contribution >= 0.6 is 17.0 Å². The van der Waals surface area contributed by atoms with Gasteiger partial charge in [0, 0.05) is 0 Å². The summed E-state index contributed by atoms with van der Waals surface area (Å²) in [7, 11) is 17.3. The molecule has 0 saturated heterocycles. The predicted molar refractivity (Wildman–Crippen MR) is 205 cm³/mol. The van der Waals surface area contributed by atoms with E-state index in [2.05, 4.69) is 149 Å². The molecule has 0 radical (unpaired) electrons. The maximum absolute atomic E-state index is 8.66. The topological polar surface area (TPSA) is 0 Å². The molecule has 2 atom stereocenters. The van der Waals surface area contributed by atoms with Gasteiger partial charge in [0.2, 0.25) is 0 Å². The van der Waals surface area contributed by atoms with Gasteiger partial charge in [-0.15, -0.1) is 0 Å². The van der Waals surface area contributed by atoms with Crippen molar-refractivity contribution >= 4 is 29.2 Å². The average Bonchev–Trinajstić information content (AvgIpc) is 3.60. The summed E-state index contributed by atoms with van der Waals surface area (Å²) >= 11 is -4.96. The molecule has 0 saturated carbocycles. The SMILES string of the molecule is C[CH2][Zr]([Cl])([Cl])([CH]1C(C(C)C)=Cc2c(-c3cc(C)cc(C)c3)ccc(C)c21)[CH]1C(C(C)C)=Cc2c(-c3cc(C)cc(C)c3)ccc(C)c21. The van der Waals surface area contributed by atoms with E-state index in [0.717, 1.165) is 4.13 Å². The fraction of sp³-hybridized carbons (Fsp3) is 0.364. The van der Waals surface area contributed by atoms with Crippen molar-refractivity contribution in [2.45, 2.75) is 87.5 Å². The van der Waals surface area contributed by atoms with Crippen molar-refractivity contribution in [2.24, 2.45) is 11.8 Å². The first-order valence-electron chi connectivity index (χ1n) is 17.5. The number of halogens is 2. The van der Waals surface area contributed by atoms with Gasteiger partial charge < -0.3 is 0 Å². The Balaban J connectivity index is 1.65. The maximum atomic E-state index is 8.66. The zero-order chi connectivity index (χ0) is 34.2. The number of hydrogen-bond acceptors (Lipinski definition) is 0. The van der Waals surface area contributed by atoms with Gasteiger partial charge in [0.15, 0.2) is 0 Å². The number of rotatable bonds is 7. The Hall–Kier alpha value is -2.18. The fourth-order valence-corrected chi connectivity index (χ4v) is 27.6. The molecule has 6 rings (SSSR count). The van der Waals surface area contributed by atoms with Crippen molar-refractivity contribution in [2.75, 3.05) is 0 Å². The van der Waals surface area contributed by atoms with Gasteiger partial charge in [0.25, 0.3) is 0 Å². The zero-order valence-corrected chi connectivity index (χ0v) is 34.2. The van der Waals surface area contributed by atoms with Crippen LogP contribution in [0.4, 0.5) is 0 Å². The van der Waals surface area contributed by atoms with Crippen LogP contribution in [-0.2, 0) is 16.4 Å². The van der Waals surface area contributed by atoms with E-state index in [1.54, 1.807) is 0 Å². The van der Waals surface area contributed by atoms with Crippen molar-refractivity contribution in [1.82, 2.24) is 0 Å². The Labute approximate surface area is 292 Å². The normalized spacial score (nSPS) is 18.2. The molecule has 0 amide bonds. The molecule has 0 N–H and O–H groups in total. The Morgan fingerprint density at radius 2 is 0.894 bits per heavy atom. The van der Waals surface area contributed by atoms with Crippen LogP contribution in [-0.4, -0.2) is 0 Å². The number of benzene rings is 4. The minimum atomic E-state index is -4.96. The first-order valence-corrected chi connectivity index (χ1v) is 28.4. The van der Waals surface area contributed by atoms with Crippen LogP contribution in [0.2, 0.25) is 4.13 Å². The van der Waals surface area contributed by atoms with E-state index in [9.17, 15) is 0 Å².